The van der Waals surface area contributed by atoms with E-state index in [0.717, 1.165) is 60.4 Å². The van der Waals surface area contributed by atoms with Gasteiger partial charge in [-0.3, -0.25) is 14.6 Å². The van der Waals surface area contributed by atoms with E-state index in [4.69, 9.17) is 11.6 Å². The van der Waals surface area contributed by atoms with E-state index < -0.39 is 0 Å². The summed E-state index contributed by atoms with van der Waals surface area (Å²) in [4.78, 5) is 17.5. The summed E-state index contributed by atoms with van der Waals surface area (Å²) in [5, 5.41) is 3.52. The Labute approximate surface area is 181 Å². The predicted octanol–water partition coefficient (Wildman–Crippen LogP) is 4.48. The number of carbonyl (C=O) groups excluding carboxylic acids is 1. The Bertz CT molecular complexity index is 721. The molecule has 0 aromatic heterocycles. The highest BCUT2D eigenvalue weighted by atomic mass is 79.9. The average Bonchev–Trinajstić information content (AvgIpc) is 2.64. The lowest BCUT2D eigenvalue weighted by atomic mass is 9.54. The third-order valence-corrected chi connectivity index (χ3v) is 8.38. The summed E-state index contributed by atoms with van der Waals surface area (Å²) in [6, 6.07) is 6.37. The summed E-state index contributed by atoms with van der Waals surface area (Å²) >= 11 is 9.61. The molecule has 5 aliphatic rings. The molecule has 1 N–H and O–H groups in total. The van der Waals surface area contributed by atoms with Crippen molar-refractivity contribution in [3.8, 4) is 0 Å². The molecule has 0 atom stereocenters. The van der Waals surface area contributed by atoms with Crippen molar-refractivity contribution < 1.29 is 4.79 Å². The fourth-order valence-electron chi connectivity index (χ4n) is 6.70. The quantitative estimate of drug-likeness (QED) is 0.710. The van der Waals surface area contributed by atoms with Crippen molar-refractivity contribution in [2.24, 2.45) is 23.7 Å². The molecule has 4 nitrogen and oxygen atoms in total. The van der Waals surface area contributed by atoms with Gasteiger partial charge in [-0.2, -0.15) is 0 Å². The van der Waals surface area contributed by atoms with Gasteiger partial charge in [0, 0.05) is 36.7 Å². The standard InChI is InChI=1S/C22H29BrClN3O/c23-18-1-2-20(19(24)12-18)25-21(28)13-26-3-5-27(6-4-26)22-16-8-14-7-15(10-16)11-17(22)9-14/h1-2,12,14-17,22H,3-11,13H2,(H,25,28). The number of carbonyl (C=O) groups is 1. The Morgan fingerprint density at radius 1 is 1.04 bits per heavy atom. The normalized spacial score (nSPS) is 35.3. The largest absolute Gasteiger partial charge is 0.324 e. The molecule has 5 fully saturated rings. The first-order chi connectivity index (χ1) is 13.5. The monoisotopic (exact) mass is 465 g/mol. The summed E-state index contributed by atoms with van der Waals surface area (Å²) in [6.45, 7) is 4.65. The summed E-state index contributed by atoms with van der Waals surface area (Å²) in [7, 11) is 0. The van der Waals surface area contributed by atoms with Crippen molar-refractivity contribution in [1.82, 2.24) is 9.80 Å². The molecule has 0 spiro atoms. The Kier molecular flexibility index (Phi) is 5.46. The van der Waals surface area contributed by atoms with Crippen LogP contribution in [0.5, 0.6) is 0 Å². The summed E-state index contributed by atoms with van der Waals surface area (Å²) in [5.74, 6) is 3.99. The van der Waals surface area contributed by atoms with Crippen LogP contribution in [0.4, 0.5) is 5.69 Å². The lowest BCUT2D eigenvalue weighted by Gasteiger charge is -2.58. The Balaban J connectivity index is 1.13. The Morgan fingerprint density at radius 3 is 2.29 bits per heavy atom. The molecule has 0 unspecified atom stereocenters. The Morgan fingerprint density at radius 2 is 1.68 bits per heavy atom. The molecule has 1 amide bonds. The van der Waals surface area contributed by atoms with Gasteiger partial charge in [-0.05, 0) is 74.0 Å². The number of nitrogens with zero attached hydrogens (tertiary/aromatic N) is 2. The molecule has 28 heavy (non-hydrogen) atoms. The van der Waals surface area contributed by atoms with E-state index in [-0.39, 0.29) is 5.91 Å². The van der Waals surface area contributed by atoms with Crippen LogP contribution in [0, 0.1) is 23.7 Å². The maximum atomic E-state index is 12.5. The lowest BCUT2D eigenvalue weighted by molar-refractivity contribution is -0.118. The number of amides is 1. The van der Waals surface area contributed by atoms with Crippen molar-refractivity contribution in [1.29, 1.82) is 0 Å². The fourth-order valence-corrected chi connectivity index (χ4v) is 7.42. The van der Waals surface area contributed by atoms with Gasteiger partial charge in [0.2, 0.25) is 5.91 Å². The molecule has 4 bridgehead atoms. The van der Waals surface area contributed by atoms with E-state index >= 15 is 0 Å². The topological polar surface area (TPSA) is 35.6 Å². The van der Waals surface area contributed by atoms with Crippen LogP contribution < -0.4 is 5.32 Å². The van der Waals surface area contributed by atoms with Crippen LogP contribution in [0.15, 0.2) is 22.7 Å². The first kappa shape index (κ1) is 19.3. The van der Waals surface area contributed by atoms with E-state index in [9.17, 15) is 4.79 Å². The Hall–Kier alpha value is -0.620. The lowest BCUT2D eigenvalue weighted by Crippen LogP contribution is -2.60. The molecule has 4 saturated carbocycles. The van der Waals surface area contributed by atoms with Crippen molar-refractivity contribution >= 4 is 39.1 Å². The molecule has 6 rings (SSSR count). The second-order valence-electron chi connectivity index (χ2n) is 9.41. The number of halogens is 2. The van der Waals surface area contributed by atoms with E-state index in [1.165, 1.54) is 32.1 Å². The van der Waals surface area contributed by atoms with E-state index in [1.807, 2.05) is 12.1 Å². The molecule has 4 aliphatic carbocycles. The SMILES string of the molecule is O=C(CN1CCN(C2C3CC4CC(C3)CC2C4)CC1)Nc1ccc(Br)cc1Cl. The maximum absolute atomic E-state index is 12.5. The van der Waals surface area contributed by atoms with Crippen molar-refractivity contribution in [3.63, 3.8) is 0 Å². The summed E-state index contributed by atoms with van der Waals surface area (Å²) < 4.78 is 0.913. The van der Waals surface area contributed by atoms with Crippen molar-refractivity contribution in [3.05, 3.63) is 27.7 Å². The number of hydrogen-bond donors (Lipinski definition) is 1. The minimum atomic E-state index is 0.0206. The minimum absolute atomic E-state index is 0.0206. The zero-order valence-electron chi connectivity index (χ0n) is 16.2. The van der Waals surface area contributed by atoms with Crippen LogP contribution in [-0.4, -0.2) is 54.5 Å². The number of rotatable bonds is 4. The molecule has 1 aliphatic heterocycles. The highest BCUT2D eigenvalue weighted by Gasteiger charge is 2.50. The number of piperazine rings is 1. The second kappa shape index (κ2) is 7.90. The summed E-state index contributed by atoms with van der Waals surface area (Å²) in [6.07, 6.45) is 7.44. The highest BCUT2D eigenvalue weighted by Crippen LogP contribution is 2.55. The second-order valence-corrected chi connectivity index (χ2v) is 10.7. The summed E-state index contributed by atoms with van der Waals surface area (Å²) in [5.41, 5.74) is 0.682. The van der Waals surface area contributed by atoms with E-state index in [1.54, 1.807) is 6.07 Å². The van der Waals surface area contributed by atoms with Crippen LogP contribution in [0.3, 0.4) is 0 Å². The smallest absolute Gasteiger partial charge is 0.238 e. The molecular formula is C22H29BrClN3O. The molecule has 152 valence electrons. The van der Waals surface area contributed by atoms with Gasteiger partial charge in [0.25, 0.3) is 0 Å². The molecule has 0 radical (unpaired) electrons. The van der Waals surface area contributed by atoms with E-state index in [2.05, 4.69) is 31.0 Å². The molecular weight excluding hydrogens is 438 g/mol. The van der Waals surface area contributed by atoms with Gasteiger partial charge in [-0.15, -0.1) is 0 Å². The zero-order chi connectivity index (χ0) is 19.3. The van der Waals surface area contributed by atoms with Gasteiger partial charge in [0.15, 0.2) is 0 Å². The van der Waals surface area contributed by atoms with Gasteiger partial charge in [0.1, 0.15) is 0 Å². The molecule has 1 aromatic carbocycles. The number of anilines is 1. The van der Waals surface area contributed by atoms with Gasteiger partial charge >= 0.3 is 0 Å². The minimum Gasteiger partial charge on any atom is -0.324 e. The maximum Gasteiger partial charge on any atom is 0.238 e. The van der Waals surface area contributed by atoms with Crippen LogP contribution in [0.25, 0.3) is 0 Å². The van der Waals surface area contributed by atoms with Gasteiger partial charge in [-0.1, -0.05) is 27.5 Å². The average molecular weight is 467 g/mol. The number of benzene rings is 1. The third kappa shape index (κ3) is 3.88. The highest BCUT2D eigenvalue weighted by molar-refractivity contribution is 9.10. The van der Waals surface area contributed by atoms with Gasteiger partial charge in [0.05, 0.1) is 17.3 Å². The van der Waals surface area contributed by atoms with Crippen LogP contribution >= 0.6 is 27.5 Å². The predicted molar refractivity (Wildman–Crippen MR) is 117 cm³/mol. The molecule has 1 heterocycles. The molecule has 1 aromatic rings. The van der Waals surface area contributed by atoms with Crippen LogP contribution in [0.2, 0.25) is 5.02 Å². The van der Waals surface area contributed by atoms with E-state index in [0.29, 0.717) is 17.3 Å². The third-order valence-electron chi connectivity index (χ3n) is 7.58. The zero-order valence-corrected chi connectivity index (χ0v) is 18.6. The molecule has 1 saturated heterocycles. The first-order valence-corrected chi connectivity index (χ1v) is 11.9. The number of hydrogen-bond acceptors (Lipinski definition) is 3. The first-order valence-electron chi connectivity index (χ1n) is 10.8. The fraction of sp³-hybridized carbons (Fsp3) is 0.682. The van der Waals surface area contributed by atoms with Crippen LogP contribution in [-0.2, 0) is 4.79 Å². The molecule has 6 heteroatoms. The van der Waals surface area contributed by atoms with Crippen LogP contribution in [0.1, 0.15) is 32.1 Å². The van der Waals surface area contributed by atoms with Gasteiger partial charge in [-0.25, -0.2) is 0 Å². The van der Waals surface area contributed by atoms with Crippen molar-refractivity contribution in [2.75, 3.05) is 38.0 Å². The number of nitrogens with one attached hydrogen (secondary N) is 1. The van der Waals surface area contributed by atoms with Gasteiger partial charge < -0.3 is 5.32 Å². The van der Waals surface area contributed by atoms with Crippen molar-refractivity contribution in [2.45, 2.75) is 38.1 Å².